The first-order chi connectivity index (χ1) is 16.1. The Balaban J connectivity index is 1.37. The van der Waals surface area contributed by atoms with E-state index in [4.69, 9.17) is 9.47 Å². The summed E-state index contributed by atoms with van der Waals surface area (Å²) in [6.45, 7) is 5.44. The lowest BCUT2D eigenvalue weighted by Crippen LogP contribution is -2.56. The lowest BCUT2D eigenvalue weighted by molar-refractivity contribution is -0.125. The lowest BCUT2D eigenvalue weighted by Gasteiger charge is -2.38. The van der Waals surface area contributed by atoms with Gasteiger partial charge in [-0.15, -0.1) is 0 Å². The van der Waals surface area contributed by atoms with E-state index < -0.39 is 6.04 Å². The maximum atomic E-state index is 12.8. The van der Waals surface area contributed by atoms with Gasteiger partial charge in [0.25, 0.3) is 0 Å². The smallest absolute Gasteiger partial charge is 0.249 e. The van der Waals surface area contributed by atoms with Crippen molar-refractivity contribution in [1.82, 2.24) is 10.2 Å². The zero-order chi connectivity index (χ0) is 23.2. The Bertz CT molecular complexity index is 999. The molecular weight excluding hydrogens is 422 g/mol. The normalized spacial score (nSPS) is 18.3. The quantitative estimate of drug-likeness (QED) is 0.699. The van der Waals surface area contributed by atoms with Crippen LogP contribution < -0.4 is 25.0 Å². The Kier molecular flexibility index (Phi) is 6.97. The molecule has 9 nitrogen and oxygen atoms in total. The number of carbonyl (C=O) groups is 2. The van der Waals surface area contributed by atoms with E-state index in [2.05, 4.69) is 20.5 Å². The van der Waals surface area contributed by atoms with Crippen LogP contribution in [-0.2, 0) is 9.59 Å². The van der Waals surface area contributed by atoms with Crippen LogP contribution >= 0.6 is 0 Å². The van der Waals surface area contributed by atoms with E-state index in [1.807, 2.05) is 36.1 Å². The van der Waals surface area contributed by atoms with Crippen LogP contribution in [-0.4, -0.2) is 68.6 Å². The number of amides is 2. The number of aliphatic imine (C=N–C) groups is 1. The summed E-state index contributed by atoms with van der Waals surface area (Å²) in [4.78, 5) is 33.9. The van der Waals surface area contributed by atoms with Crippen LogP contribution in [0.1, 0.15) is 13.3 Å². The summed E-state index contributed by atoms with van der Waals surface area (Å²) in [7, 11) is 1.65. The third-order valence-electron chi connectivity index (χ3n) is 5.66. The predicted molar refractivity (Wildman–Crippen MR) is 127 cm³/mol. The van der Waals surface area contributed by atoms with Crippen molar-refractivity contribution in [1.29, 1.82) is 0 Å². The number of guanidine groups is 1. The summed E-state index contributed by atoms with van der Waals surface area (Å²) in [5.74, 6) is 1.52. The number of carbonyl (C=O) groups excluding carboxylic acids is 2. The molecule has 9 heteroatoms. The van der Waals surface area contributed by atoms with Gasteiger partial charge < -0.3 is 24.6 Å². The minimum atomic E-state index is -0.764. The zero-order valence-electron chi connectivity index (χ0n) is 18.9. The summed E-state index contributed by atoms with van der Waals surface area (Å²) >= 11 is 0. The number of ether oxygens (including phenoxy) is 2. The average molecular weight is 452 g/mol. The Morgan fingerprint density at radius 3 is 2.30 bits per heavy atom. The molecule has 2 N–H and O–H groups in total. The third kappa shape index (κ3) is 5.54. The van der Waals surface area contributed by atoms with Gasteiger partial charge in [-0.1, -0.05) is 0 Å². The van der Waals surface area contributed by atoms with E-state index in [1.165, 1.54) is 0 Å². The Morgan fingerprint density at radius 2 is 1.67 bits per heavy atom. The molecule has 0 bridgehead atoms. The molecule has 1 atom stereocenters. The summed E-state index contributed by atoms with van der Waals surface area (Å²) in [6, 6.07) is 14.3. The topological polar surface area (TPSA) is 95.5 Å². The van der Waals surface area contributed by atoms with Gasteiger partial charge in [-0.2, -0.15) is 0 Å². The maximum Gasteiger partial charge on any atom is 0.249 e. The second-order valence-electron chi connectivity index (χ2n) is 7.84. The molecule has 0 aliphatic carbocycles. The van der Waals surface area contributed by atoms with Crippen molar-refractivity contribution in [3.05, 3.63) is 48.5 Å². The molecule has 2 aliphatic heterocycles. The minimum absolute atomic E-state index is 0.0260. The van der Waals surface area contributed by atoms with Gasteiger partial charge in [0.15, 0.2) is 0 Å². The highest BCUT2D eigenvalue weighted by atomic mass is 16.5. The van der Waals surface area contributed by atoms with Crippen LogP contribution in [0.4, 0.5) is 11.4 Å². The average Bonchev–Trinajstić information content (AvgIpc) is 2.85. The molecule has 2 amide bonds. The lowest BCUT2D eigenvalue weighted by atomic mass is 10.1. The van der Waals surface area contributed by atoms with Gasteiger partial charge in [-0.3, -0.25) is 14.9 Å². The van der Waals surface area contributed by atoms with Crippen molar-refractivity contribution in [3.63, 3.8) is 0 Å². The fourth-order valence-electron chi connectivity index (χ4n) is 3.89. The predicted octanol–water partition coefficient (Wildman–Crippen LogP) is 2.10. The number of piperazine rings is 1. The second-order valence-corrected chi connectivity index (χ2v) is 7.84. The van der Waals surface area contributed by atoms with E-state index in [1.54, 1.807) is 31.4 Å². The van der Waals surface area contributed by atoms with Crippen LogP contribution in [0, 0.1) is 0 Å². The first-order valence-electron chi connectivity index (χ1n) is 11.1. The molecular formula is C24H29N5O4. The first kappa shape index (κ1) is 22.4. The molecule has 0 saturated carbocycles. The van der Waals surface area contributed by atoms with E-state index >= 15 is 0 Å². The number of methoxy groups -OCH3 is 1. The minimum Gasteiger partial charge on any atom is -0.497 e. The van der Waals surface area contributed by atoms with E-state index in [9.17, 15) is 9.59 Å². The fraction of sp³-hybridized carbons (Fsp3) is 0.375. The van der Waals surface area contributed by atoms with Gasteiger partial charge in [0, 0.05) is 37.6 Å². The number of nitrogens with one attached hydrogen (secondary N) is 2. The largest absolute Gasteiger partial charge is 0.497 e. The van der Waals surface area contributed by atoms with Crippen molar-refractivity contribution in [2.24, 2.45) is 4.99 Å². The molecule has 2 aromatic rings. The summed E-state index contributed by atoms with van der Waals surface area (Å²) < 4.78 is 10.6. The molecule has 2 aliphatic rings. The fourth-order valence-corrected chi connectivity index (χ4v) is 3.89. The SMILES string of the molecule is CCOc1ccc(NC(=O)[C@@H]2CC(=O)NC(N3CCN(c4ccc(OC)cc4)CC3)=N2)cc1. The van der Waals surface area contributed by atoms with Gasteiger partial charge in [0.2, 0.25) is 17.8 Å². The van der Waals surface area contributed by atoms with Gasteiger partial charge >= 0.3 is 0 Å². The van der Waals surface area contributed by atoms with Gasteiger partial charge in [0.1, 0.15) is 17.5 Å². The number of anilines is 2. The molecule has 4 rings (SSSR count). The Labute approximate surface area is 193 Å². The Morgan fingerprint density at radius 1 is 1.03 bits per heavy atom. The van der Waals surface area contributed by atoms with Crippen molar-refractivity contribution in [2.45, 2.75) is 19.4 Å². The molecule has 1 saturated heterocycles. The van der Waals surface area contributed by atoms with Gasteiger partial charge in [0.05, 0.1) is 20.1 Å². The molecule has 0 aromatic heterocycles. The highest BCUT2D eigenvalue weighted by molar-refractivity contribution is 6.06. The van der Waals surface area contributed by atoms with Crippen LogP contribution in [0.15, 0.2) is 53.5 Å². The number of rotatable bonds is 6. The van der Waals surface area contributed by atoms with Crippen molar-refractivity contribution in [3.8, 4) is 11.5 Å². The molecule has 2 heterocycles. The molecule has 0 spiro atoms. The summed E-state index contributed by atoms with van der Waals surface area (Å²) in [5, 5.41) is 5.68. The van der Waals surface area contributed by atoms with Crippen LogP contribution in [0.5, 0.6) is 11.5 Å². The monoisotopic (exact) mass is 451 g/mol. The zero-order valence-corrected chi connectivity index (χ0v) is 18.9. The molecule has 0 unspecified atom stereocenters. The standard InChI is InChI=1S/C24H29N5O4/c1-3-33-20-8-4-17(5-9-20)25-23(31)21-16-22(30)27-24(26-21)29-14-12-28(13-15-29)18-6-10-19(32-2)11-7-18/h4-11,21H,3,12-16H2,1-2H3,(H,25,31)(H,26,27,30)/t21-/m0/s1. The molecule has 33 heavy (non-hydrogen) atoms. The molecule has 0 radical (unpaired) electrons. The molecule has 174 valence electrons. The van der Waals surface area contributed by atoms with E-state index in [0.717, 1.165) is 30.3 Å². The molecule has 1 fully saturated rings. The number of hydrogen-bond acceptors (Lipinski definition) is 7. The third-order valence-corrected chi connectivity index (χ3v) is 5.66. The summed E-state index contributed by atoms with van der Waals surface area (Å²) in [5.41, 5.74) is 1.76. The number of nitrogens with zero attached hydrogens (tertiary/aromatic N) is 3. The van der Waals surface area contributed by atoms with Gasteiger partial charge in [-0.25, -0.2) is 4.99 Å². The summed E-state index contributed by atoms with van der Waals surface area (Å²) in [6.07, 6.45) is 0.0260. The number of benzene rings is 2. The van der Waals surface area contributed by atoms with Crippen LogP contribution in [0.25, 0.3) is 0 Å². The highest BCUT2D eigenvalue weighted by Gasteiger charge is 2.30. The highest BCUT2D eigenvalue weighted by Crippen LogP contribution is 2.21. The number of hydrogen-bond donors (Lipinski definition) is 2. The van der Waals surface area contributed by atoms with Crippen molar-refractivity contribution in [2.75, 3.05) is 50.1 Å². The first-order valence-corrected chi connectivity index (χ1v) is 11.1. The van der Waals surface area contributed by atoms with Crippen molar-refractivity contribution >= 4 is 29.1 Å². The van der Waals surface area contributed by atoms with Crippen LogP contribution in [0.2, 0.25) is 0 Å². The maximum absolute atomic E-state index is 12.8. The molecule has 2 aromatic carbocycles. The van der Waals surface area contributed by atoms with Crippen molar-refractivity contribution < 1.29 is 19.1 Å². The van der Waals surface area contributed by atoms with E-state index in [0.29, 0.717) is 31.3 Å². The second kappa shape index (κ2) is 10.2. The van der Waals surface area contributed by atoms with Gasteiger partial charge in [-0.05, 0) is 55.5 Å². The van der Waals surface area contributed by atoms with E-state index in [-0.39, 0.29) is 18.2 Å². The Hall–Kier alpha value is -3.75. The van der Waals surface area contributed by atoms with Crippen LogP contribution in [0.3, 0.4) is 0 Å².